The van der Waals surface area contributed by atoms with Gasteiger partial charge in [-0.05, 0) is 55.4 Å². The molecule has 1 N–H and O–H groups in total. The summed E-state index contributed by atoms with van der Waals surface area (Å²) in [6.45, 7) is 7.87. The normalized spacial score (nSPS) is 13.1. The second kappa shape index (κ2) is 10.9. The Morgan fingerprint density at radius 1 is 1.06 bits per heavy atom. The molecule has 2 aromatic carbocycles. The number of hydrogen-bond donors (Lipinski definition) is 1. The predicted octanol–water partition coefficient (Wildman–Crippen LogP) is 5.81. The van der Waals surface area contributed by atoms with Crippen LogP contribution in [-0.2, 0) is 28.9 Å². The van der Waals surface area contributed by atoms with Gasteiger partial charge in [0.2, 0.25) is 0 Å². The Bertz CT molecular complexity index is 1100. The molecule has 0 spiro atoms. The molecule has 168 valence electrons. The van der Waals surface area contributed by atoms with Gasteiger partial charge in [-0.3, -0.25) is 9.59 Å². The second-order valence-corrected chi connectivity index (χ2v) is 8.57. The molecule has 0 fully saturated rings. The fourth-order valence-corrected chi connectivity index (χ4v) is 4.48. The van der Waals surface area contributed by atoms with Crippen LogP contribution in [0.1, 0.15) is 49.9 Å². The molecule has 1 heterocycles. The number of fused-ring (bicyclic) bond motifs is 1. The summed E-state index contributed by atoms with van der Waals surface area (Å²) < 4.78 is 5.41. The molecule has 0 saturated carbocycles. The molecule has 2 unspecified atom stereocenters. The van der Waals surface area contributed by atoms with Crippen molar-refractivity contribution in [2.45, 2.75) is 52.4 Å². The number of rotatable bonds is 12. The van der Waals surface area contributed by atoms with Crippen molar-refractivity contribution in [1.82, 2.24) is 5.16 Å². The number of carbonyl (C=O) groups excluding carboxylic acids is 1. The number of carbonyl (C=O) groups is 2. The topological polar surface area (TPSA) is 80.4 Å². The predicted molar refractivity (Wildman–Crippen MR) is 126 cm³/mol. The average molecular weight is 434 g/mol. The molecule has 1 aromatic heterocycles. The van der Waals surface area contributed by atoms with Gasteiger partial charge in [0.05, 0.1) is 5.69 Å². The summed E-state index contributed by atoms with van der Waals surface area (Å²) in [5, 5.41) is 14.5. The molecule has 0 aliphatic carbocycles. The number of Topliss-reactive ketones (excluding diaryl/α,β-unsaturated/α-hetero) is 1. The number of carboxylic acids is 1. The van der Waals surface area contributed by atoms with Crippen LogP contribution in [0.3, 0.4) is 0 Å². The molecule has 0 saturated heterocycles. The van der Waals surface area contributed by atoms with Crippen LogP contribution in [0.2, 0.25) is 0 Å². The van der Waals surface area contributed by atoms with E-state index in [1.807, 2.05) is 49.4 Å². The van der Waals surface area contributed by atoms with Gasteiger partial charge >= 0.3 is 5.97 Å². The smallest absolute Gasteiger partial charge is 0.303 e. The summed E-state index contributed by atoms with van der Waals surface area (Å²) >= 11 is 0. The Morgan fingerprint density at radius 3 is 2.44 bits per heavy atom. The van der Waals surface area contributed by atoms with E-state index in [0.717, 1.165) is 46.2 Å². The maximum absolute atomic E-state index is 12.5. The van der Waals surface area contributed by atoms with Crippen LogP contribution >= 0.6 is 0 Å². The zero-order chi connectivity index (χ0) is 23.1. The summed E-state index contributed by atoms with van der Waals surface area (Å²) in [6.07, 6.45) is 3.42. The zero-order valence-electron chi connectivity index (χ0n) is 18.8. The van der Waals surface area contributed by atoms with Crippen molar-refractivity contribution in [2.24, 2.45) is 11.8 Å². The van der Waals surface area contributed by atoms with Crippen molar-refractivity contribution in [1.29, 1.82) is 0 Å². The molecule has 5 heteroatoms. The van der Waals surface area contributed by atoms with Crippen molar-refractivity contribution in [3.8, 4) is 0 Å². The van der Waals surface area contributed by atoms with E-state index in [1.165, 1.54) is 0 Å². The lowest BCUT2D eigenvalue weighted by Crippen LogP contribution is -2.27. The molecule has 5 nitrogen and oxygen atoms in total. The molecular formula is C27H31NO4. The highest BCUT2D eigenvalue weighted by Crippen LogP contribution is 2.29. The van der Waals surface area contributed by atoms with Crippen molar-refractivity contribution in [3.05, 3.63) is 77.5 Å². The number of para-hydroxylation sites is 1. The number of nitrogens with zero attached hydrogens (tertiary/aromatic N) is 1. The molecule has 2 atom stereocenters. The van der Waals surface area contributed by atoms with E-state index in [0.29, 0.717) is 19.3 Å². The third-order valence-corrected chi connectivity index (χ3v) is 6.06. The van der Waals surface area contributed by atoms with Crippen molar-refractivity contribution < 1.29 is 19.2 Å². The van der Waals surface area contributed by atoms with Crippen LogP contribution in [0, 0.1) is 11.8 Å². The Morgan fingerprint density at radius 2 is 1.75 bits per heavy atom. The first kappa shape index (κ1) is 23.5. The van der Waals surface area contributed by atoms with Gasteiger partial charge in [-0.25, -0.2) is 0 Å². The van der Waals surface area contributed by atoms with Gasteiger partial charge in [0, 0.05) is 24.1 Å². The third kappa shape index (κ3) is 5.94. The van der Waals surface area contributed by atoms with Crippen LogP contribution in [-0.4, -0.2) is 22.0 Å². The van der Waals surface area contributed by atoms with Crippen molar-refractivity contribution >= 4 is 22.7 Å². The van der Waals surface area contributed by atoms with Crippen LogP contribution in [0.15, 0.2) is 65.2 Å². The summed E-state index contributed by atoms with van der Waals surface area (Å²) in [5.41, 5.74) is 4.83. The first-order valence-electron chi connectivity index (χ1n) is 11.2. The maximum Gasteiger partial charge on any atom is 0.303 e. The molecule has 0 aliphatic heterocycles. The molecule has 0 amide bonds. The number of benzene rings is 2. The first-order chi connectivity index (χ1) is 15.4. The Balaban J connectivity index is 1.77. The number of aromatic nitrogens is 1. The standard InChI is InChI=1S/C27H31NO4/c1-4-9-22(17-27(30)31)24(19(3)29)16-21-11-6-5-10-20(21)14-18(2)15-25-23-12-7-8-13-26(23)32-28-25/h5-8,10-13,22,24H,2,4,9,14-17H2,1,3H3,(H,30,31). The van der Waals surface area contributed by atoms with E-state index < -0.39 is 5.97 Å². The van der Waals surface area contributed by atoms with Gasteiger partial charge in [0.15, 0.2) is 5.58 Å². The lowest BCUT2D eigenvalue weighted by atomic mass is 9.78. The number of carboxylic acid groups (broad SMARTS) is 1. The van der Waals surface area contributed by atoms with Gasteiger partial charge in [-0.15, -0.1) is 0 Å². The van der Waals surface area contributed by atoms with E-state index in [4.69, 9.17) is 4.52 Å². The number of ketones is 1. The molecule has 32 heavy (non-hydrogen) atoms. The van der Waals surface area contributed by atoms with Crippen LogP contribution < -0.4 is 0 Å². The molecule has 3 aromatic rings. The quantitative estimate of drug-likeness (QED) is 0.365. The molecule has 3 rings (SSSR count). The van der Waals surface area contributed by atoms with E-state index in [2.05, 4.69) is 17.8 Å². The highest BCUT2D eigenvalue weighted by atomic mass is 16.5. The largest absolute Gasteiger partial charge is 0.481 e. The van der Waals surface area contributed by atoms with Gasteiger partial charge in [0.1, 0.15) is 5.78 Å². The fraction of sp³-hybridized carbons (Fsp3) is 0.370. The summed E-state index contributed by atoms with van der Waals surface area (Å²) in [5.74, 6) is -1.27. The average Bonchev–Trinajstić information content (AvgIpc) is 3.15. The summed E-state index contributed by atoms with van der Waals surface area (Å²) in [4.78, 5) is 23.9. The Hall–Kier alpha value is -3.21. The SMILES string of the molecule is C=C(Cc1ccccc1CC(C(C)=O)C(CCC)CC(=O)O)Cc1noc2ccccc12. The monoisotopic (exact) mass is 433 g/mol. The third-order valence-electron chi connectivity index (χ3n) is 6.06. The van der Waals surface area contributed by atoms with Crippen molar-refractivity contribution in [3.63, 3.8) is 0 Å². The summed E-state index contributed by atoms with van der Waals surface area (Å²) in [6, 6.07) is 15.8. The molecule has 0 bridgehead atoms. The van der Waals surface area contributed by atoms with E-state index >= 15 is 0 Å². The highest BCUT2D eigenvalue weighted by molar-refractivity contribution is 5.80. The van der Waals surface area contributed by atoms with Gasteiger partial charge in [-0.1, -0.05) is 67.1 Å². The fourth-order valence-electron chi connectivity index (χ4n) is 4.48. The lowest BCUT2D eigenvalue weighted by Gasteiger charge is -2.25. The zero-order valence-corrected chi connectivity index (χ0v) is 18.8. The maximum atomic E-state index is 12.5. The van der Waals surface area contributed by atoms with Crippen LogP contribution in [0.4, 0.5) is 0 Å². The minimum absolute atomic E-state index is 0.0200. The van der Waals surface area contributed by atoms with Crippen molar-refractivity contribution in [2.75, 3.05) is 0 Å². The van der Waals surface area contributed by atoms with E-state index in [-0.39, 0.29) is 24.0 Å². The lowest BCUT2D eigenvalue weighted by molar-refractivity contribution is -0.139. The van der Waals surface area contributed by atoms with E-state index in [9.17, 15) is 14.7 Å². The van der Waals surface area contributed by atoms with Crippen LogP contribution in [0.25, 0.3) is 11.0 Å². The minimum Gasteiger partial charge on any atom is -0.481 e. The Labute approximate surface area is 189 Å². The molecule has 0 aliphatic rings. The van der Waals surface area contributed by atoms with Gasteiger partial charge in [0.25, 0.3) is 0 Å². The highest BCUT2D eigenvalue weighted by Gasteiger charge is 2.28. The van der Waals surface area contributed by atoms with E-state index in [1.54, 1.807) is 6.92 Å². The number of allylic oxidation sites excluding steroid dienone is 1. The van der Waals surface area contributed by atoms with Gasteiger partial charge in [-0.2, -0.15) is 0 Å². The Kier molecular flexibility index (Phi) is 7.98. The molecular weight excluding hydrogens is 402 g/mol. The van der Waals surface area contributed by atoms with Crippen LogP contribution in [0.5, 0.6) is 0 Å². The summed E-state index contributed by atoms with van der Waals surface area (Å²) in [7, 11) is 0. The van der Waals surface area contributed by atoms with Gasteiger partial charge < -0.3 is 9.63 Å². The number of aliphatic carboxylic acids is 1. The molecule has 0 radical (unpaired) electrons. The number of hydrogen-bond acceptors (Lipinski definition) is 4. The minimum atomic E-state index is -0.851. The second-order valence-electron chi connectivity index (χ2n) is 8.57. The first-order valence-corrected chi connectivity index (χ1v) is 11.2.